The average Bonchev–Trinajstić information content (AvgIpc) is 2.91. The van der Waals surface area contributed by atoms with Crippen molar-refractivity contribution in [2.45, 2.75) is 65.1 Å². The van der Waals surface area contributed by atoms with Crippen LogP contribution in [0.2, 0.25) is 0 Å². The largest absolute Gasteiger partial charge is 0.444 e. The summed E-state index contributed by atoms with van der Waals surface area (Å²) in [6, 6.07) is 16.6. The average molecular weight is 573 g/mol. The summed E-state index contributed by atoms with van der Waals surface area (Å²) in [4.78, 5) is 53.8. The molecule has 222 valence electrons. The first-order valence-electron chi connectivity index (χ1n) is 13.8. The van der Waals surface area contributed by atoms with E-state index in [1.165, 1.54) is 11.0 Å². The molecule has 0 heterocycles. The third kappa shape index (κ3) is 8.67. The van der Waals surface area contributed by atoms with Gasteiger partial charge in [-0.1, -0.05) is 54.6 Å². The number of rotatable bonds is 11. The van der Waals surface area contributed by atoms with Crippen molar-refractivity contribution < 1.29 is 23.9 Å². The number of benzene rings is 3. The zero-order valence-electron chi connectivity index (χ0n) is 24.9. The van der Waals surface area contributed by atoms with Crippen LogP contribution in [0.25, 0.3) is 10.8 Å². The van der Waals surface area contributed by atoms with E-state index in [2.05, 4.69) is 17.2 Å². The van der Waals surface area contributed by atoms with Crippen LogP contribution in [0.5, 0.6) is 0 Å². The lowest BCUT2D eigenvalue weighted by molar-refractivity contribution is -0.140. The van der Waals surface area contributed by atoms with Crippen molar-refractivity contribution in [3.05, 3.63) is 90.0 Å². The second-order valence-electron chi connectivity index (χ2n) is 11.3. The fraction of sp³-hybridized carbons (Fsp3) is 0.333. The standard InChI is InChI=1S/C33H40N4O5/c1-7-18-37(31(40)27(16-17-28(34)38)36-32(41)42-33(4,5)6)29(25-13-12-21(2)22(3)19-25)30(39)35-26-15-14-23-10-8-9-11-24(23)20-26/h7-15,19-20,27,29H,1,16-18H2,2-6H3,(H2,34,38)(H,35,39)(H,36,41). The molecule has 2 atom stereocenters. The van der Waals surface area contributed by atoms with E-state index >= 15 is 0 Å². The molecule has 2 unspecified atom stereocenters. The molecular formula is C33H40N4O5. The molecule has 4 N–H and O–H groups in total. The zero-order chi connectivity index (χ0) is 31.0. The lowest BCUT2D eigenvalue weighted by Gasteiger charge is -2.34. The molecule has 0 saturated carbocycles. The van der Waals surface area contributed by atoms with Crippen molar-refractivity contribution in [3.8, 4) is 0 Å². The summed E-state index contributed by atoms with van der Waals surface area (Å²) in [5, 5.41) is 7.52. The van der Waals surface area contributed by atoms with Crippen LogP contribution in [0.4, 0.5) is 10.5 Å². The van der Waals surface area contributed by atoms with E-state index in [0.717, 1.165) is 21.9 Å². The van der Waals surface area contributed by atoms with Crippen molar-refractivity contribution in [3.63, 3.8) is 0 Å². The molecule has 0 fully saturated rings. The molecule has 0 aromatic heterocycles. The van der Waals surface area contributed by atoms with E-state index < -0.39 is 41.5 Å². The number of nitrogens with one attached hydrogen (secondary N) is 2. The van der Waals surface area contributed by atoms with Crippen molar-refractivity contribution >= 4 is 40.3 Å². The van der Waals surface area contributed by atoms with Gasteiger partial charge in [-0.05, 0) is 80.6 Å². The Hall–Kier alpha value is -4.66. The molecule has 42 heavy (non-hydrogen) atoms. The summed E-state index contributed by atoms with van der Waals surface area (Å²) in [7, 11) is 0. The number of anilines is 1. The van der Waals surface area contributed by atoms with Gasteiger partial charge in [-0.2, -0.15) is 0 Å². The first kappa shape index (κ1) is 31.9. The minimum atomic E-state index is -1.19. The summed E-state index contributed by atoms with van der Waals surface area (Å²) < 4.78 is 5.36. The molecule has 9 nitrogen and oxygen atoms in total. The van der Waals surface area contributed by atoms with E-state index in [4.69, 9.17) is 10.5 Å². The van der Waals surface area contributed by atoms with Crippen molar-refractivity contribution in [2.75, 3.05) is 11.9 Å². The molecule has 3 rings (SSSR count). The second kappa shape index (κ2) is 13.8. The topological polar surface area (TPSA) is 131 Å². The van der Waals surface area contributed by atoms with Crippen LogP contribution < -0.4 is 16.4 Å². The number of ether oxygens (including phenoxy) is 1. The maximum Gasteiger partial charge on any atom is 0.408 e. The number of carbonyl (C=O) groups is 4. The van der Waals surface area contributed by atoms with Gasteiger partial charge in [0.15, 0.2) is 0 Å². The summed E-state index contributed by atoms with van der Waals surface area (Å²) >= 11 is 0. The van der Waals surface area contributed by atoms with Gasteiger partial charge in [0.05, 0.1) is 0 Å². The highest BCUT2D eigenvalue weighted by Gasteiger charge is 2.36. The number of fused-ring (bicyclic) bond motifs is 1. The number of alkyl carbamates (subject to hydrolysis) is 1. The third-order valence-corrected chi connectivity index (χ3v) is 6.70. The fourth-order valence-electron chi connectivity index (χ4n) is 4.54. The highest BCUT2D eigenvalue weighted by atomic mass is 16.6. The van der Waals surface area contributed by atoms with Gasteiger partial charge in [0.1, 0.15) is 17.7 Å². The van der Waals surface area contributed by atoms with Crippen LogP contribution in [0.3, 0.4) is 0 Å². The number of hydrogen-bond acceptors (Lipinski definition) is 5. The summed E-state index contributed by atoms with van der Waals surface area (Å²) in [6.07, 6.45) is 0.444. The van der Waals surface area contributed by atoms with Gasteiger partial charge >= 0.3 is 6.09 Å². The van der Waals surface area contributed by atoms with Gasteiger partial charge < -0.3 is 26.0 Å². The number of amides is 4. The molecular weight excluding hydrogens is 532 g/mol. The van der Waals surface area contributed by atoms with Crippen molar-refractivity contribution in [1.29, 1.82) is 0 Å². The molecule has 0 spiro atoms. The van der Waals surface area contributed by atoms with Crippen LogP contribution in [-0.4, -0.2) is 46.9 Å². The molecule has 0 aliphatic carbocycles. The Morgan fingerprint density at radius 1 is 0.976 bits per heavy atom. The molecule has 3 aromatic carbocycles. The fourth-order valence-corrected chi connectivity index (χ4v) is 4.54. The van der Waals surface area contributed by atoms with E-state index in [1.807, 2.05) is 62.4 Å². The molecule has 0 aliphatic rings. The first-order valence-corrected chi connectivity index (χ1v) is 13.8. The number of carbonyl (C=O) groups excluding carboxylic acids is 4. The number of hydrogen-bond donors (Lipinski definition) is 3. The number of nitrogens with two attached hydrogens (primary N) is 1. The highest BCUT2D eigenvalue weighted by molar-refractivity contribution is 6.00. The van der Waals surface area contributed by atoms with Gasteiger partial charge in [0.2, 0.25) is 11.8 Å². The zero-order valence-corrected chi connectivity index (χ0v) is 24.9. The second-order valence-corrected chi connectivity index (χ2v) is 11.3. The molecule has 0 saturated heterocycles. The van der Waals surface area contributed by atoms with Gasteiger partial charge in [0.25, 0.3) is 5.91 Å². The Morgan fingerprint density at radius 2 is 1.67 bits per heavy atom. The van der Waals surface area contributed by atoms with Gasteiger partial charge in [0, 0.05) is 18.7 Å². The Bertz CT molecular complexity index is 1480. The minimum absolute atomic E-state index is 0.00929. The summed E-state index contributed by atoms with van der Waals surface area (Å²) in [5.41, 5.74) is 7.68. The van der Waals surface area contributed by atoms with Crippen LogP contribution in [0, 0.1) is 13.8 Å². The molecule has 9 heteroatoms. The Kier molecular flexibility index (Phi) is 10.5. The quantitative estimate of drug-likeness (QED) is 0.268. The molecule has 4 amide bonds. The maximum atomic E-state index is 14.1. The number of nitrogens with zero attached hydrogens (tertiary/aromatic N) is 1. The van der Waals surface area contributed by atoms with E-state index in [9.17, 15) is 19.2 Å². The maximum absolute atomic E-state index is 14.1. The Labute approximate surface area is 247 Å². The molecule has 0 radical (unpaired) electrons. The van der Waals surface area contributed by atoms with Gasteiger partial charge in [-0.3, -0.25) is 14.4 Å². The third-order valence-electron chi connectivity index (χ3n) is 6.70. The molecule has 0 aliphatic heterocycles. The predicted molar refractivity (Wildman–Crippen MR) is 165 cm³/mol. The lowest BCUT2D eigenvalue weighted by Crippen LogP contribution is -2.52. The minimum Gasteiger partial charge on any atom is -0.444 e. The lowest BCUT2D eigenvalue weighted by atomic mass is 9.97. The summed E-state index contributed by atoms with van der Waals surface area (Å²) in [6.45, 7) is 12.8. The first-order chi connectivity index (χ1) is 19.8. The van der Waals surface area contributed by atoms with Crippen LogP contribution in [-0.2, 0) is 19.1 Å². The monoisotopic (exact) mass is 572 g/mol. The number of aryl methyl sites for hydroxylation is 2. The normalized spacial score (nSPS) is 12.6. The van der Waals surface area contributed by atoms with Crippen molar-refractivity contribution in [2.24, 2.45) is 5.73 Å². The smallest absolute Gasteiger partial charge is 0.408 e. The van der Waals surface area contributed by atoms with Gasteiger partial charge in [-0.25, -0.2) is 4.79 Å². The summed E-state index contributed by atoms with van der Waals surface area (Å²) in [5.74, 6) is -1.66. The molecule has 0 bridgehead atoms. The van der Waals surface area contributed by atoms with Gasteiger partial charge in [-0.15, -0.1) is 6.58 Å². The van der Waals surface area contributed by atoms with Crippen LogP contribution in [0.15, 0.2) is 73.3 Å². The predicted octanol–water partition coefficient (Wildman–Crippen LogP) is 5.31. The van der Waals surface area contributed by atoms with E-state index in [0.29, 0.717) is 11.3 Å². The SMILES string of the molecule is C=CCN(C(=O)C(CCC(N)=O)NC(=O)OC(C)(C)C)C(C(=O)Nc1ccc2ccccc2c1)c1ccc(C)c(C)c1. The van der Waals surface area contributed by atoms with Crippen molar-refractivity contribution in [1.82, 2.24) is 10.2 Å². The van der Waals surface area contributed by atoms with Crippen LogP contribution >= 0.6 is 0 Å². The molecule has 3 aromatic rings. The Morgan fingerprint density at radius 3 is 2.29 bits per heavy atom. The number of primary amides is 1. The van der Waals surface area contributed by atoms with Crippen LogP contribution in [0.1, 0.15) is 56.3 Å². The highest BCUT2D eigenvalue weighted by Crippen LogP contribution is 2.28. The van der Waals surface area contributed by atoms with E-state index in [1.54, 1.807) is 32.9 Å². The Balaban J connectivity index is 2.04. The van der Waals surface area contributed by atoms with E-state index in [-0.39, 0.29) is 19.4 Å².